The maximum absolute atomic E-state index is 13.0. The normalized spacial score (nSPS) is 15.5. The number of halogens is 1. The van der Waals surface area contributed by atoms with Crippen LogP contribution in [-0.2, 0) is 14.8 Å². The van der Waals surface area contributed by atoms with Crippen LogP contribution in [0.15, 0.2) is 41.3 Å². The summed E-state index contributed by atoms with van der Waals surface area (Å²) < 4.78 is 32.4. The fourth-order valence-corrected chi connectivity index (χ4v) is 5.42. The molecule has 31 heavy (non-hydrogen) atoms. The van der Waals surface area contributed by atoms with E-state index >= 15 is 0 Å². The number of nitro benzene ring substituents is 1. The van der Waals surface area contributed by atoms with E-state index < -0.39 is 14.9 Å². The minimum absolute atomic E-state index is 0.0861. The van der Waals surface area contributed by atoms with Crippen LogP contribution >= 0.6 is 11.6 Å². The van der Waals surface area contributed by atoms with Gasteiger partial charge in [-0.2, -0.15) is 4.31 Å². The number of aryl methyl sites for hydroxylation is 1. The quantitative estimate of drug-likeness (QED) is 0.512. The molecular formula is C20H22ClN3O6S. The van der Waals surface area contributed by atoms with E-state index in [1.54, 1.807) is 12.1 Å². The van der Waals surface area contributed by atoms with Gasteiger partial charge in [-0.15, -0.1) is 0 Å². The number of carbonyl (C=O) groups is 1. The van der Waals surface area contributed by atoms with Crippen molar-refractivity contribution in [3.63, 3.8) is 0 Å². The largest absolute Gasteiger partial charge is 0.495 e. The molecule has 0 radical (unpaired) electrons. The third-order valence-corrected chi connectivity index (χ3v) is 7.56. The molecule has 0 saturated carbocycles. The molecule has 1 fully saturated rings. The summed E-state index contributed by atoms with van der Waals surface area (Å²) in [7, 11) is -2.51. The van der Waals surface area contributed by atoms with Gasteiger partial charge in [-0.1, -0.05) is 17.7 Å². The van der Waals surface area contributed by atoms with E-state index in [0.29, 0.717) is 24.3 Å². The Bertz CT molecular complexity index is 1110. The number of benzene rings is 2. The van der Waals surface area contributed by atoms with Crippen molar-refractivity contribution in [2.24, 2.45) is 5.92 Å². The molecule has 1 N–H and O–H groups in total. The summed E-state index contributed by atoms with van der Waals surface area (Å²) in [5, 5.41) is 13.8. The lowest BCUT2D eigenvalue weighted by Gasteiger charge is -2.30. The summed E-state index contributed by atoms with van der Waals surface area (Å²) in [5.41, 5.74) is 1.17. The van der Waals surface area contributed by atoms with Crippen molar-refractivity contribution in [1.82, 2.24) is 4.31 Å². The molecule has 1 aliphatic rings. The Labute approximate surface area is 185 Å². The minimum atomic E-state index is -4.03. The second-order valence-electron chi connectivity index (χ2n) is 7.24. The maximum atomic E-state index is 13.0. The van der Waals surface area contributed by atoms with E-state index in [4.69, 9.17) is 16.3 Å². The number of methoxy groups -OCH3 is 1. The first-order chi connectivity index (χ1) is 14.6. The number of ether oxygens (including phenoxy) is 1. The van der Waals surface area contributed by atoms with Crippen LogP contribution in [-0.4, -0.2) is 43.8 Å². The zero-order valence-corrected chi connectivity index (χ0v) is 18.6. The van der Waals surface area contributed by atoms with Crippen molar-refractivity contribution in [3.8, 4) is 5.75 Å². The second kappa shape index (κ2) is 9.21. The van der Waals surface area contributed by atoms with E-state index in [1.807, 2.05) is 13.0 Å². The standard InChI is InChI=1S/C20H22ClN3O6S/c1-13-3-6-18(30-2)17(11-13)22-20(25)14-7-9-23(10-8-14)31(28,29)19-12-15(24(26)27)4-5-16(19)21/h3-6,11-12,14H,7-10H2,1-2H3,(H,22,25). The third kappa shape index (κ3) is 4.97. The number of nitrogens with zero attached hydrogens (tertiary/aromatic N) is 2. The number of sulfonamides is 1. The van der Waals surface area contributed by atoms with E-state index in [0.717, 1.165) is 17.7 Å². The average molecular weight is 468 g/mol. The zero-order valence-electron chi connectivity index (χ0n) is 17.0. The Morgan fingerprint density at radius 2 is 1.90 bits per heavy atom. The van der Waals surface area contributed by atoms with Crippen LogP contribution in [0.25, 0.3) is 0 Å². The number of rotatable bonds is 6. The first-order valence-corrected chi connectivity index (χ1v) is 11.3. The van der Waals surface area contributed by atoms with Gasteiger partial charge in [0.25, 0.3) is 5.69 Å². The van der Waals surface area contributed by atoms with Gasteiger partial charge in [0.05, 0.1) is 22.7 Å². The second-order valence-corrected chi connectivity index (χ2v) is 9.56. The number of nitrogens with one attached hydrogen (secondary N) is 1. The van der Waals surface area contributed by atoms with Crippen molar-refractivity contribution < 1.29 is 22.9 Å². The SMILES string of the molecule is COc1ccc(C)cc1NC(=O)C1CCN(S(=O)(=O)c2cc([N+](=O)[O-])ccc2Cl)CC1. The number of amides is 1. The van der Waals surface area contributed by atoms with Crippen molar-refractivity contribution in [1.29, 1.82) is 0 Å². The highest BCUT2D eigenvalue weighted by Gasteiger charge is 2.34. The van der Waals surface area contributed by atoms with Gasteiger partial charge >= 0.3 is 0 Å². The van der Waals surface area contributed by atoms with Crippen LogP contribution in [0.1, 0.15) is 18.4 Å². The summed E-state index contributed by atoms with van der Waals surface area (Å²) in [5.74, 6) is -0.0501. The van der Waals surface area contributed by atoms with E-state index in [-0.39, 0.29) is 40.5 Å². The van der Waals surface area contributed by atoms with E-state index in [9.17, 15) is 23.3 Å². The number of anilines is 1. The molecular weight excluding hydrogens is 446 g/mol. The molecule has 2 aromatic rings. The van der Waals surface area contributed by atoms with Crippen LogP contribution in [0, 0.1) is 23.0 Å². The molecule has 1 saturated heterocycles. The number of carbonyl (C=O) groups excluding carboxylic acids is 1. The Morgan fingerprint density at radius 1 is 1.23 bits per heavy atom. The van der Waals surface area contributed by atoms with Crippen molar-refractivity contribution in [2.75, 3.05) is 25.5 Å². The predicted octanol–water partition coefficient (Wildman–Crippen LogP) is 3.60. The lowest BCUT2D eigenvalue weighted by atomic mass is 9.97. The molecule has 0 unspecified atom stereocenters. The molecule has 0 bridgehead atoms. The number of nitro groups is 1. The Balaban J connectivity index is 1.71. The summed E-state index contributed by atoms with van der Waals surface area (Å²) in [4.78, 5) is 22.7. The summed E-state index contributed by atoms with van der Waals surface area (Å²) >= 11 is 6.01. The molecule has 0 atom stereocenters. The van der Waals surface area contributed by atoms with Gasteiger partial charge in [0, 0.05) is 31.1 Å². The topological polar surface area (TPSA) is 119 Å². The number of hydrogen-bond donors (Lipinski definition) is 1. The van der Waals surface area contributed by atoms with Gasteiger partial charge in [0.15, 0.2) is 0 Å². The summed E-state index contributed by atoms with van der Waals surface area (Å²) in [6, 6.07) is 8.75. The van der Waals surface area contributed by atoms with Crippen molar-refractivity contribution in [2.45, 2.75) is 24.7 Å². The van der Waals surface area contributed by atoms with Crippen molar-refractivity contribution >= 4 is 38.9 Å². The van der Waals surface area contributed by atoms with Gasteiger partial charge in [-0.3, -0.25) is 14.9 Å². The molecule has 1 heterocycles. The lowest BCUT2D eigenvalue weighted by Crippen LogP contribution is -2.41. The molecule has 1 aliphatic heterocycles. The van der Waals surface area contributed by atoms with Crippen LogP contribution in [0.2, 0.25) is 5.02 Å². The maximum Gasteiger partial charge on any atom is 0.270 e. The summed E-state index contributed by atoms with van der Waals surface area (Å²) in [6.07, 6.45) is 0.623. The van der Waals surface area contributed by atoms with Crippen LogP contribution in [0.4, 0.5) is 11.4 Å². The molecule has 0 aromatic heterocycles. The Hall–Kier alpha value is -2.69. The molecule has 9 nitrogen and oxygen atoms in total. The summed E-state index contributed by atoms with van der Waals surface area (Å²) in [6.45, 7) is 2.10. The predicted molar refractivity (Wildman–Crippen MR) is 116 cm³/mol. The van der Waals surface area contributed by atoms with Crippen LogP contribution in [0.3, 0.4) is 0 Å². The fourth-order valence-electron chi connectivity index (χ4n) is 3.46. The molecule has 166 valence electrons. The van der Waals surface area contributed by atoms with E-state index in [1.165, 1.54) is 17.5 Å². The number of piperidine rings is 1. The highest BCUT2D eigenvalue weighted by molar-refractivity contribution is 7.89. The van der Waals surface area contributed by atoms with Gasteiger partial charge in [0.2, 0.25) is 15.9 Å². The molecule has 1 amide bonds. The molecule has 0 aliphatic carbocycles. The number of non-ortho nitro benzene ring substituents is 1. The van der Waals surface area contributed by atoms with Gasteiger partial charge in [0.1, 0.15) is 10.6 Å². The highest BCUT2D eigenvalue weighted by Crippen LogP contribution is 2.32. The minimum Gasteiger partial charge on any atom is -0.495 e. The zero-order chi connectivity index (χ0) is 22.8. The number of hydrogen-bond acceptors (Lipinski definition) is 6. The van der Waals surface area contributed by atoms with Gasteiger partial charge in [-0.25, -0.2) is 8.42 Å². The van der Waals surface area contributed by atoms with E-state index in [2.05, 4.69) is 5.32 Å². The first-order valence-electron chi connectivity index (χ1n) is 9.53. The average Bonchev–Trinajstić information content (AvgIpc) is 2.74. The Morgan fingerprint density at radius 3 is 2.52 bits per heavy atom. The third-order valence-electron chi connectivity index (χ3n) is 5.18. The van der Waals surface area contributed by atoms with Crippen LogP contribution < -0.4 is 10.1 Å². The lowest BCUT2D eigenvalue weighted by molar-refractivity contribution is -0.385. The van der Waals surface area contributed by atoms with Gasteiger partial charge in [-0.05, 0) is 43.5 Å². The highest BCUT2D eigenvalue weighted by atomic mass is 35.5. The first kappa shape index (κ1) is 23.0. The molecule has 11 heteroatoms. The Kier molecular flexibility index (Phi) is 6.83. The smallest absolute Gasteiger partial charge is 0.270 e. The van der Waals surface area contributed by atoms with Crippen LogP contribution in [0.5, 0.6) is 5.75 Å². The van der Waals surface area contributed by atoms with Gasteiger partial charge < -0.3 is 10.1 Å². The molecule has 3 rings (SSSR count). The molecule has 0 spiro atoms. The molecule has 2 aromatic carbocycles. The van der Waals surface area contributed by atoms with Crippen molar-refractivity contribution in [3.05, 3.63) is 57.1 Å². The fraction of sp³-hybridized carbons (Fsp3) is 0.350. The monoisotopic (exact) mass is 467 g/mol.